The number of benzene rings is 2. The van der Waals surface area contributed by atoms with Gasteiger partial charge in [-0.05, 0) is 44.5 Å². The normalized spacial score (nSPS) is 15.7. The third-order valence-electron chi connectivity index (χ3n) is 6.61. The summed E-state index contributed by atoms with van der Waals surface area (Å²) in [5, 5.41) is 0. The number of amides is 1. The number of aryl methyl sites for hydroxylation is 2. The van der Waals surface area contributed by atoms with E-state index in [0.717, 1.165) is 32.7 Å². The number of hydrogen-bond acceptors (Lipinski definition) is 5. The molecule has 1 aliphatic heterocycles. The van der Waals surface area contributed by atoms with Crippen molar-refractivity contribution in [3.63, 3.8) is 0 Å². The summed E-state index contributed by atoms with van der Waals surface area (Å²) in [5.74, 6) is 0.524. The second-order valence-electron chi connectivity index (χ2n) is 9.14. The molecule has 1 aromatic heterocycles. The van der Waals surface area contributed by atoms with E-state index in [0.29, 0.717) is 18.1 Å². The minimum absolute atomic E-state index is 0.0460. The van der Waals surface area contributed by atoms with Crippen LogP contribution in [0.2, 0.25) is 0 Å². The summed E-state index contributed by atoms with van der Waals surface area (Å²) < 4.78 is 5.80. The summed E-state index contributed by atoms with van der Waals surface area (Å²) in [4.78, 5) is 23.9. The molecular formula is C27H34N4O2. The third-order valence-corrected chi connectivity index (χ3v) is 6.61. The van der Waals surface area contributed by atoms with Crippen LogP contribution >= 0.6 is 0 Å². The van der Waals surface area contributed by atoms with Crippen molar-refractivity contribution >= 4 is 5.91 Å². The van der Waals surface area contributed by atoms with Crippen LogP contribution in [0.25, 0.3) is 0 Å². The molecule has 3 aromatic rings. The van der Waals surface area contributed by atoms with E-state index < -0.39 is 0 Å². The first kappa shape index (κ1) is 23.2. The first-order valence-corrected chi connectivity index (χ1v) is 11.7. The SMILES string of the molecule is Cc1ccc(C)c(CN(Cc2nc(C(=O)N3CCN(C)CC3)co2)[C@@H](C)c2ccccc2)c1. The molecule has 0 radical (unpaired) electrons. The molecule has 1 atom stereocenters. The predicted octanol–water partition coefficient (Wildman–Crippen LogP) is 4.44. The molecule has 33 heavy (non-hydrogen) atoms. The van der Waals surface area contributed by atoms with Crippen LogP contribution in [0, 0.1) is 13.8 Å². The Kier molecular flexibility index (Phi) is 7.26. The minimum Gasteiger partial charge on any atom is -0.447 e. The molecule has 2 heterocycles. The summed E-state index contributed by atoms with van der Waals surface area (Å²) >= 11 is 0. The van der Waals surface area contributed by atoms with Crippen molar-refractivity contribution in [2.45, 2.75) is 39.9 Å². The Bertz CT molecular complexity index is 1070. The Morgan fingerprint density at radius 1 is 1.06 bits per heavy atom. The van der Waals surface area contributed by atoms with Gasteiger partial charge in [-0.2, -0.15) is 0 Å². The topological polar surface area (TPSA) is 52.8 Å². The number of aromatic nitrogens is 1. The monoisotopic (exact) mass is 446 g/mol. The van der Waals surface area contributed by atoms with Crippen molar-refractivity contribution in [1.82, 2.24) is 19.7 Å². The molecule has 1 amide bonds. The zero-order valence-electron chi connectivity index (χ0n) is 20.1. The van der Waals surface area contributed by atoms with Gasteiger partial charge in [0, 0.05) is 38.8 Å². The maximum atomic E-state index is 12.9. The molecule has 1 fully saturated rings. The highest BCUT2D eigenvalue weighted by molar-refractivity contribution is 5.92. The standard InChI is InChI=1S/C27H34N4O2/c1-20-10-11-21(2)24(16-20)17-31(22(3)23-8-6-5-7-9-23)18-26-28-25(19-33-26)27(32)30-14-12-29(4)13-15-30/h5-11,16,19,22H,12-15,17-18H2,1-4H3/t22-/m0/s1. The van der Waals surface area contributed by atoms with E-state index in [1.165, 1.54) is 28.5 Å². The highest BCUT2D eigenvalue weighted by atomic mass is 16.3. The van der Waals surface area contributed by atoms with Gasteiger partial charge in [-0.25, -0.2) is 4.98 Å². The Hall–Kier alpha value is -2.96. The number of carbonyl (C=O) groups is 1. The number of rotatable bonds is 7. The van der Waals surface area contributed by atoms with Crippen molar-refractivity contribution < 1.29 is 9.21 Å². The summed E-state index contributed by atoms with van der Waals surface area (Å²) in [6, 6.07) is 17.2. The summed E-state index contributed by atoms with van der Waals surface area (Å²) in [6.45, 7) is 11.0. The van der Waals surface area contributed by atoms with Gasteiger partial charge in [0.25, 0.3) is 5.91 Å². The molecule has 0 spiro atoms. The van der Waals surface area contributed by atoms with Gasteiger partial charge >= 0.3 is 0 Å². The fourth-order valence-corrected chi connectivity index (χ4v) is 4.29. The van der Waals surface area contributed by atoms with Crippen LogP contribution in [0.1, 0.15) is 51.6 Å². The molecule has 174 valence electrons. The van der Waals surface area contributed by atoms with E-state index in [1.807, 2.05) is 11.0 Å². The molecule has 1 aliphatic rings. The number of carbonyl (C=O) groups excluding carboxylic acids is 1. The van der Waals surface area contributed by atoms with Gasteiger partial charge < -0.3 is 14.2 Å². The zero-order valence-corrected chi connectivity index (χ0v) is 20.1. The van der Waals surface area contributed by atoms with Gasteiger partial charge in [-0.1, -0.05) is 54.1 Å². The Morgan fingerprint density at radius 3 is 2.52 bits per heavy atom. The molecule has 4 rings (SSSR count). The fraction of sp³-hybridized carbons (Fsp3) is 0.407. The molecule has 2 aromatic carbocycles. The van der Waals surface area contributed by atoms with Gasteiger partial charge in [0.05, 0.1) is 6.54 Å². The molecule has 0 N–H and O–H groups in total. The second-order valence-corrected chi connectivity index (χ2v) is 9.14. The van der Waals surface area contributed by atoms with Crippen LogP contribution in [0.15, 0.2) is 59.2 Å². The van der Waals surface area contributed by atoms with Crippen molar-refractivity contribution in [1.29, 1.82) is 0 Å². The second kappa shape index (κ2) is 10.3. The average Bonchev–Trinajstić information content (AvgIpc) is 3.29. The van der Waals surface area contributed by atoms with E-state index in [9.17, 15) is 4.79 Å². The predicted molar refractivity (Wildman–Crippen MR) is 130 cm³/mol. The largest absolute Gasteiger partial charge is 0.447 e. The van der Waals surface area contributed by atoms with E-state index in [-0.39, 0.29) is 11.9 Å². The minimum atomic E-state index is -0.0460. The van der Waals surface area contributed by atoms with Gasteiger partial charge in [0.15, 0.2) is 5.69 Å². The molecule has 0 unspecified atom stereocenters. The van der Waals surface area contributed by atoms with Crippen LogP contribution < -0.4 is 0 Å². The summed E-state index contributed by atoms with van der Waals surface area (Å²) in [7, 11) is 2.08. The first-order valence-electron chi connectivity index (χ1n) is 11.7. The lowest BCUT2D eigenvalue weighted by Gasteiger charge is -2.31. The Balaban J connectivity index is 1.54. The zero-order chi connectivity index (χ0) is 23.4. The maximum absolute atomic E-state index is 12.9. The quantitative estimate of drug-likeness (QED) is 0.537. The van der Waals surface area contributed by atoms with Crippen molar-refractivity contribution in [3.8, 4) is 0 Å². The van der Waals surface area contributed by atoms with E-state index in [2.05, 4.69) is 85.1 Å². The molecular weight excluding hydrogens is 412 g/mol. The number of piperazine rings is 1. The number of nitrogens with zero attached hydrogens (tertiary/aromatic N) is 4. The fourth-order valence-electron chi connectivity index (χ4n) is 4.29. The van der Waals surface area contributed by atoms with E-state index in [1.54, 1.807) is 0 Å². The van der Waals surface area contributed by atoms with Gasteiger partial charge in [-0.15, -0.1) is 0 Å². The number of oxazole rings is 1. The lowest BCUT2D eigenvalue weighted by molar-refractivity contribution is 0.0658. The van der Waals surface area contributed by atoms with Crippen molar-refractivity contribution in [3.05, 3.63) is 88.6 Å². The van der Waals surface area contributed by atoms with Crippen molar-refractivity contribution in [2.75, 3.05) is 33.2 Å². The molecule has 6 nitrogen and oxygen atoms in total. The lowest BCUT2D eigenvalue weighted by atomic mass is 10.0. The van der Waals surface area contributed by atoms with Crippen LogP contribution in [0.3, 0.4) is 0 Å². The van der Waals surface area contributed by atoms with Gasteiger partial charge in [0.2, 0.25) is 5.89 Å². The van der Waals surface area contributed by atoms with Crippen LogP contribution in [-0.2, 0) is 13.1 Å². The molecule has 6 heteroatoms. The van der Waals surface area contributed by atoms with E-state index >= 15 is 0 Å². The Labute approximate surface area is 196 Å². The van der Waals surface area contributed by atoms with Crippen LogP contribution in [0.5, 0.6) is 0 Å². The number of hydrogen-bond donors (Lipinski definition) is 0. The molecule has 0 saturated carbocycles. The highest BCUT2D eigenvalue weighted by Crippen LogP contribution is 2.26. The van der Waals surface area contributed by atoms with Gasteiger partial charge in [0.1, 0.15) is 6.26 Å². The average molecular weight is 447 g/mol. The molecule has 0 bridgehead atoms. The smallest absolute Gasteiger partial charge is 0.275 e. The first-order chi connectivity index (χ1) is 15.9. The van der Waals surface area contributed by atoms with Crippen LogP contribution in [0.4, 0.5) is 0 Å². The van der Waals surface area contributed by atoms with Crippen molar-refractivity contribution in [2.24, 2.45) is 0 Å². The molecule has 0 aliphatic carbocycles. The van der Waals surface area contributed by atoms with E-state index in [4.69, 9.17) is 4.42 Å². The lowest BCUT2D eigenvalue weighted by Crippen LogP contribution is -2.47. The number of likely N-dealkylation sites (N-methyl/N-ethyl adjacent to an activating group) is 1. The highest BCUT2D eigenvalue weighted by Gasteiger charge is 2.25. The maximum Gasteiger partial charge on any atom is 0.275 e. The third kappa shape index (κ3) is 5.70. The summed E-state index contributed by atoms with van der Waals surface area (Å²) in [5.41, 5.74) is 5.44. The molecule has 1 saturated heterocycles. The summed E-state index contributed by atoms with van der Waals surface area (Å²) in [6.07, 6.45) is 1.51. The van der Waals surface area contributed by atoms with Crippen LogP contribution in [-0.4, -0.2) is 58.8 Å². The Morgan fingerprint density at radius 2 is 1.79 bits per heavy atom. The van der Waals surface area contributed by atoms with Gasteiger partial charge in [-0.3, -0.25) is 9.69 Å².